The molecule has 2 aromatic carbocycles. The van der Waals surface area contributed by atoms with Crippen LogP contribution in [0.15, 0.2) is 54.6 Å². The number of thiophene rings is 1. The number of hydrogen-bond acceptors (Lipinski definition) is 3. The topological polar surface area (TPSA) is 38.3 Å². The maximum atomic E-state index is 12.7. The van der Waals surface area contributed by atoms with Gasteiger partial charge in [-0.15, -0.1) is 11.3 Å². The van der Waals surface area contributed by atoms with Gasteiger partial charge in [-0.2, -0.15) is 0 Å². The predicted octanol–water partition coefficient (Wildman–Crippen LogP) is 5.37. The van der Waals surface area contributed by atoms with Crippen LogP contribution < -0.4 is 10.1 Å². The summed E-state index contributed by atoms with van der Waals surface area (Å²) in [5.41, 5.74) is 4.71. The molecule has 0 saturated heterocycles. The van der Waals surface area contributed by atoms with Gasteiger partial charge in [-0.25, -0.2) is 0 Å². The minimum absolute atomic E-state index is 0.00472. The SMILES string of the molecule is Cc1cccc2c1-c1sc(C(=O)NC(C)CCc3ccccc3)cc1CO2. The van der Waals surface area contributed by atoms with Crippen molar-refractivity contribution in [3.8, 4) is 16.2 Å². The Bertz CT molecular complexity index is 962. The maximum Gasteiger partial charge on any atom is 0.261 e. The first-order valence-corrected chi connectivity index (χ1v) is 10.1. The van der Waals surface area contributed by atoms with Crippen LogP contribution >= 0.6 is 11.3 Å². The number of fused-ring (bicyclic) bond motifs is 3. The average molecular weight is 378 g/mol. The summed E-state index contributed by atoms with van der Waals surface area (Å²) in [6.45, 7) is 4.68. The molecule has 0 bridgehead atoms. The minimum Gasteiger partial charge on any atom is -0.488 e. The molecule has 1 atom stereocenters. The third-order valence-corrected chi connectivity index (χ3v) is 6.16. The van der Waals surface area contributed by atoms with E-state index < -0.39 is 0 Å². The van der Waals surface area contributed by atoms with Crippen LogP contribution in [0, 0.1) is 6.92 Å². The zero-order chi connectivity index (χ0) is 18.8. The standard InChI is InChI=1S/C23H23NO2S/c1-15-7-6-10-19-21(15)22-18(14-26-19)13-20(27-22)23(25)24-16(2)11-12-17-8-4-3-5-9-17/h3-10,13,16H,11-12,14H2,1-2H3,(H,24,25). The number of hydrogen-bond donors (Lipinski definition) is 1. The highest BCUT2D eigenvalue weighted by atomic mass is 32.1. The van der Waals surface area contributed by atoms with Gasteiger partial charge in [0.25, 0.3) is 5.91 Å². The summed E-state index contributed by atoms with van der Waals surface area (Å²) in [5.74, 6) is 0.914. The molecule has 0 fully saturated rings. The van der Waals surface area contributed by atoms with E-state index in [1.165, 1.54) is 11.1 Å². The lowest BCUT2D eigenvalue weighted by molar-refractivity contribution is 0.0942. The molecule has 1 unspecified atom stereocenters. The van der Waals surface area contributed by atoms with E-state index in [4.69, 9.17) is 4.74 Å². The molecule has 0 radical (unpaired) electrons. The van der Waals surface area contributed by atoms with Gasteiger partial charge in [0, 0.05) is 22.0 Å². The molecule has 138 valence electrons. The van der Waals surface area contributed by atoms with Crippen molar-refractivity contribution >= 4 is 17.2 Å². The van der Waals surface area contributed by atoms with E-state index in [1.54, 1.807) is 11.3 Å². The van der Waals surface area contributed by atoms with Crippen LogP contribution in [0.2, 0.25) is 0 Å². The van der Waals surface area contributed by atoms with Crippen LogP contribution in [-0.2, 0) is 13.0 Å². The fourth-order valence-corrected chi connectivity index (χ4v) is 4.65. The molecule has 1 aliphatic rings. The highest BCUT2D eigenvalue weighted by Gasteiger charge is 2.24. The Morgan fingerprint density at radius 2 is 2.00 bits per heavy atom. The average Bonchev–Trinajstić information content (AvgIpc) is 3.12. The van der Waals surface area contributed by atoms with Crippen molar-refractivity contribution in [3.05, 3.63) is 76.2 Å². The first kappa shape index (κ1) is 17.8. The number of aryl methyl sites for hydroxylation is 2. The zero-order valence-electron chi connectivity index (χ0n) is 15.6. The summed E-state index contributed by atoms with van der Waals surface area (Å²) in [6, 6.07) is 18.6. The third-order valence-electron chi connectivity index (χ3n) is 4.96. The fourth-order valence-electron chi connectivity index (χ4n) is 3.46. The summed E-state index contributed by atoms with van der Waals surface area (Å²) in [6.07, 6.45) is 1.88. The van der Waals surface area contributed by atoms with Crippen LogP contribution in [0.25, 0.3) is 10.4 Å². The van der Waals surface area contributed by atoms with Gasteiger partial charge in [-0.05, 0) is 49.9 Å². The Morgan fingerprint density at radius 3 is 2.81 bits per heavy atom. The molecule has 0 spiro atoms. The second kappa shape index (κ2) is 7.57. The number of nitrogens with one attached hydrogen (secondary N) is 1. The second-order valence-corrected chi connectivity index (χ2v) is 8.15. The Morgan fingerprint density at radius 1 is 1.19 bits per heavy atom. The molecule has 0 aliphatic carbocycles. The van der Waals surface area contributed by atoms with Crippen molar-refractivity contribution in [2.75, 3.05) is 0 Å². The third kappa shape index (κ3) is 3.76. The first-order valence-electron chi connectivity index (χ1n) is 9.32. The summed E-state index contributed by atoms with van der Waals surface area (Å²) < 4.78 is 5.87. The molecule has 1 amide bonds. The first-order chi connectivity index (χ1) is 13.1. The van der Waals surface area contributed by atoms with E-state index in [-0.39, 0.29) is 11.9 Å². The van der Waals surface area contributed by atoms with E-state index in [2.05, 4.69) is 49.5 Å². The molecule has 1 aromatic heterocycles. The molecule has 0 saturated carbocycles. The zero-order valence-corrected chi connectivity index (χ0v) is 16.4. The minimum atomic E-state index is 0.00472. The van der Waals surface area contributed by atoms with Crippen molar-refractivity contribution in [1.82, 2.24) is 5.32 Å². The Balaban J connectivity index is 1.45. The van der Waals surface area contributed by atoms with Crippen molar-refractivity contribution in [3.63, 3.8) is 0 Å². The van der Waals surface area contributed by atoms with Gasteiger partial charge >= 0.3 is 0 Å². The Kier molecular flexibility index (Phi) is 4.99. The van der Waals surface area contributed by atoms with Gasteiger partial charge in [0.2, 0.25) is 0 Å². The van der Waals surface area contributed by atoms with Crippen LogP contribution in [-0.4, -0.2) is 11.9 Å². The molecular formula is C23H23NO2S. The van der Waals surface area contributed by atoms with Crippen molar-refractivity contribution < 1.29 is 9.53 Å². The number of benzene rings is 2. The summed E-state index contributed by atoms with van der Waals surface area (Å²) in [7, 11) is 0. The van der Waals surface area contributed by atoms with Crippen molar-refractivity contribution in [1.29, 1.82) is 0 Å². The maximum absolute atomic E-state index is 12.7. The number of ether oxygens (including phenoxy) is 1. The van der Waals surface area contributed by atoms with Crippen LogP contribution in [0.4, 0.5) is 0 Å². The van der Waals surface area contributed by atoms with Crippen LogP contribution in [0.5, 0.6) is 5.75 Å². The number of rotatable bonds is 5. The molecule has 27 heavy (non-hydrogen) atoms. The smallest absolute Gasteiger partial charge is 0.261 e. The lowest BCUT2D eigenvalue weighted by Gasteiger charge is -2.19. The van der Waals surface area contributed by atoms with Gasteiger partial charge in [0.1, 0.15) is 12.4 Å². The lowest BCUT2D eigenvalue weighted by Crippen LogP contribution is -2.32. The molecular weight excluding hydrogens is 354 g/mol. The van der Waals surface area contributed by atoms with Gasteiger partial charge in [-0.3, -0.25) is 4.79 Å². The quantitative estimate of drug-likeness (QED) is 0.649. The lowest BCUT2D eigenvalue weighted by atomic mass is 10.0. The van der Waals surface area contributed by atoms with Gasteiger partial charge < -0.3 is 10.1 Å². The van der Waals surface area contributed by atoms with Crippen molar-refractivity contribution in [2.45, 2.75) is 39.3 Å². The number of carbonyl (C=O) groups is 1. The Labute approximate surface area is 164 Å². The van der Waals surface area contributed by atoms with Gasteiger partial charge in [0.15, 0.2) is 0 Å². The van der Waals surface area contributed by atoms with Crippen LogP contribution in [0.3, 0.4) is 0 Å². The van der Waals surface area contributed by atoms with E-state index in [1.807, 2.05) is 24.3 Å². The van der Waals surface area contributed by atoms with Crippen LogP contribution in [0.1, 0.15) is 39.7 Å². The van der Waals surface area contributed by atoms with E-state index >= 15 is 0 Å². The van der Waals surface area contributed by atoms with E-state index in [0.29, 0.717) is 6.61 Å². The number of amides is 1. The molecule has 4 heteroatoms. The largest absolute Gasteiger partial charge is 0.488 e. The van der Waals surface area contributed by atoms with E-state index in [9.17, 15) is 4.79 Å². The molecule has 3 aromatic rings. The van der Waals surface area contributed by atoms with Gasteiger partial charge in [-0.1, -0.05) is 42.5 Å². The summed E-state index contributed by atoms with van der Waals surface area (Å²) in [4.78, 5) is 14.7. The van der Waals surface area contributed by atoms with E-state index in [0.717, 1.165) is 39.5 Å². The molecule has 1 N–H and O–H groups in total. The summed E-state index contributed by atoms with van der Waals surface area (Å²) in [5, 5.41) is 3.14. The molecule has 3 nitrogen and oxygen atoms in total. The number of carbonyl (C=O) groups excluding carboxylic acids is 1. The highest BCUT2D eigenvalue weighted by molar-refractivity contribution is 7.17. The van der Waals surface area contributed by atoms with Crippen molar-refractivity contribution in [2.24, 2.45) is 0 Å². The molecule has 4 rings (SSSR count). The summed E-state index contributed by atoms with van der Waals surface area (Å²) >= 11 is 1.56. The van der Waals surface area contributed by atoms with Gasteiger partial charge in [0.05, 0.1) is 4.88 Å². The predicted molar refractivity (Wildman–Crippen MR) is 111 cm³/mol. The molecule has 1 aliphatic heterocycles. The fraction of sp³-hybridized carbons (Fsp3) is 0.261. The molecule has 2 heterocycles. The normalized spacial score (nSPS) is 13.3. The second-order valence-electron chi connectivity index (χ2n) is 7.10. The monoisotopic (exact) mass is 377 g/mol. The highest BCUT2D eigenvalue weighted by Crippen LogP contribution is 2.44. The Hall–Kier alpha value is -2.59.